The molecule has 0 bridgehead atoms. The fraction of sp³-hybridized carbons (Fsp3) is 0.560. The van der Waals surface area contributed by atoms with Crippen LogP contribution in [0.1, 0.15) is 140 Å². The van der Waals surface area contributed by atoms with Crippen LogP contribution in [0.5, 0.6) is 11.5 Å². The van der Waals surface area contributed by atoms with Gasteiger partial charge in [-0.05, 0) is 98.6 Å². The quantitative estimate of drug-likeness (QED) is 0.0485. The lowest BCUT2D eigenvalue weighted by Gasteiger charge is -2.23. The molecule has 0 aliphatic carbocycles. The highest BCUT2D eigenvalue weighted by Gasteiger charge is 2.30. The largest absolute Gasteiger partial charge is 0.508 e. The number of primary amides is 2. The number of amides is 4. The monoisotopic (exact) mass is 953 g/mol. The first-order valence-corrected chi connectivity index (χ1v) is 23.0. The fourth-order valence-electron chi connectivity index (χ4n) is 7.47. The predicted octanol–water partition coefficient (Wildman–Crippen LogP) is 4.88. The summed E-state index contributed by atoms with van der Waals surface area (Å²) in [6.07, 6.45) is 0.649. The van der Waals surface area contributed by atoms with Crippen molar-refractivity contribution in [2.45, 2.75) is 156 Å². The average molecular weight is 953 g/mol. The van der Waals surface area contributed by atoms with Gasteiger partial charge in [0.15, 0.2) is 11.6 Å². The number of benzene rings is 2. The third-order valence-corrected chi connectivity index (χ3v) is 11.0. The number of carbonyl (C=O) groups is 10. The van der Waals surface area contributed by atoms with Crippen molar-refractivity contribution in [1.82, 2.24) is 10.6 Å². The molecule has 2 aromatic rings. The number of carboxylic acid groups (broad SMARTS) is 2. The van der Waals surface area contributed by atoms with E-state index >= 15 is 0 Å². The zero-order valence-electron chi connectivity index (χ0n) is 40.3. The van der Waals surface area contributed by atoms with E-state index in [0.29, 0.717) is 25.7 Å². The number of phenolic OH excluding ortho intramolecular Hbond substituents is 2. The van der Waals surface area contributed by atoms with Gasteiger partial charge in [0.1, 0.15) is 23.1 Å². The molecule has 68 heavy (non-hydrogen) atoms. The summed E-state index contributed by atoms with van der Waals surface area (Å²) in [7, 11) is 0. The van der Waals surface area contributed by atoms with Gasteiger partial charge in [0.25, 0.3) is 0 Å². The molecule has 0 saturated carbocycles. The molecule has 4 atom stereocenters. The lowest BCUT2D eigenvalue weighted by molar-refractivity contribution is -0.139. The van der Waals surface area contributed by atoms with Crippen LogP contribution in [0.3, 0.4) is 0 Å². The van der Waals surface area contributed by atoms with Crippen molar-refractivity contribution in [1.29, 1.82) is 0 Å². The van der Waals surface area contributed by atoms with Crippen molar-refractivity contribution in [2.75, 3.05) is 0 Å². The number of nitrogens with two attached hydrogens (primary N) is 2. The molecule has 0 aromatic heterocycles. The van der Waals surface area contributed by atoms with Crippen LogP contribution < -0.4 is 22.1 Å². The number of aryl methyl sites for hydroxylation is 4. The van der Waals surface area contributed by atoms with Gasteiger partial charge in [-0.15, -0.1) is 0 Å². The van der Waals surface area contributed by atoms with Crippen LogP contribution in [0.4, 0.5) is 0 Å². The van der Waals surface area contributed by atoms with Gasteiger partial charge in [-0.3, -0.25) is 47.9 Å². The maximum Gasteiger partial charge on any atom is 0.303 e. The standard InChI is InChI=1S/C26H38N2O7.C24H34N2O7/c1-15(2)11-19(14-20(29)6-5-18-12-16(3)25(34)17(4)13-18)26(35)28-21(7-9-23(27)31)22(30)8-10-24(32)33;1-15(2)13-17(14-19(28)8-5-16-3-6-18(27)7-4-16)24(33)26-20(9-11-22(25)30)21(29)10-12-23(31)32/h12-13,15,19,21,34H,5-11,14H2,1-4H3,(H2,27,31)(H,28,35)(H,32,33);3-4,6-7,15,17,20,27H,5,8-14H2,1-2H3,(H2,25,30)(H,26,33)(H,31,32)/t19-,21?;17-,20?/m11/s1. The Bertz CT molecular complexity index is 2040. The van der Waals surface area contributed by atoms with E-state index in [4.69, 9.17) is 21.7 Å². The summed E-state index contributed by atoms with van der Waals surface area (Å²) in [6, 6.07) is 8.14. The van der Waals surface area contributed by atoms with Crippen molar-refractivity contribution >= 4 is 58.7 Å². The number of rotatable bonds is 32. The van der Waals surface area contributed by atoms with Crippen molar-refractivity contribution in [2.24, 2.45) is 35.1 Å². The second-order valence-corrected chi connectivity index (χ2v) is 18.2. The van der Waals surface area contributed by atoms with Gasteiger partial charge in [-0.1, -0.05) is 52.0 Å². The van der Waals surface area contributed by atoms with Gasteiger partial charge in [-0.2, -0.15) is 0 Å². The Morgan fingerprint density at radius 1 is 0.529 bits per heavy atom. The molecule has 18 heteroatoms. The smallest absolute Gasteiger partial charge is 0.303 e. The van der Waals surface area contributed by atoms with Crippen molar-refractivity contribution in [3.63, 3.8) is 0 Å². The molecule has 376 valence electrons. The molecule has 2 rings (SSSR count). The number of carbonyl (C=O) groups excluding carboxylic acids is 8. The van der Waals surface area contributed by atoms with E-state index in [0.717, 1.165) is 22.3 Å². The Balaban J connectivity index is 0.000000681. The highest BCUT2D eigenvalue weighted by molar-refractivity contribution is 5.94. The Kier molecular flexibility index (Phi) is 26.9. The van der Waals surface area contributed by atoms with Crippen LogP contribution >= 0.6 is 0 Å². The molecule has 0 spiro atoms. The van der Waals surface area contributed by atoms with E-state index in [-0.39, 0.29) is 112 Å². The summed E-state index contributed by atoms with van der Waals surface area (Å²) in [6.45, 7) is 11.3. The molecule has 0 aliphatic heterocycles. The number of carboxylic acids is 2. The Hall–Kier alpha value is -6.46. The van der Waals surface area contributed by atoms with Gasteiger partial charge in [0.05, 0.1) is 24.9 Å². The van der Waals surface area contributed by atoms with Crippen LogP contribution in [0.2, 0.25) is 0 Å². The number of hydrogen-bond donors (Lipinski definition) is 8. The lowest BCUT2D eigenvalue weighted by atomic mass is 9.89. The average Bonchev–Trinajstić information content (AvgIpc) is 3.24. The topological polar surface area (TPSA) is 328 Å². The minimum Gasteiger partial charge on any atom is -0.508 e. The number of Topliss-reactive ketones (excluding diaryl/α,β-unsaturated/α-hetero) is 4. The SMILES string of the molecule is CC(C)C[C@H](CC(=O)CCc1ccc(O)cc1)C(=O)NC(CCC(N)=O)C(=O)CCC(=O)O.Cc1cc(CCC(=O)C[C@@H](CC(C)C)C(=O)NC(CCC(N)=O)C(=O)CCC(=O)O)cc(C)c1O. The molecule has 4 amide bonds. The first-order valence-electron chi connectivity index (χ1n) is 23.0. The second-order valence-electron chi connectivity index (χ2n) is 18.2. The number of aliphatic carboxylic acids is 2. The minimum absolute atomic E-state index is 0.00587. The van der Waals surface area contributed by atoms with E-state index < -0.39 is 71.1 Å². The van der Waals surface area contributed by atoms with E-state index in [2.05, 4.69) is 10.6 Å². The number of ketones is 4. The zero-order valence-corrected chi connectivity index (χ0v) is 40.3. The third-order valence-electron chi connectivity index (χ3n) is 11.0. The summed E-state index contributed by atoms with van der Waals surface area (Å²) < 4.78 is 0. The maximum atomic E-state index is 13.0. The van der Waals surface area contributed by atoms with Gasteiger partial charge in [-0.25, -0.2) is 0 Å². The minimum atomic E-state index is -1.14. The number of aromatic hydroxyl groups is 2. The summed E-state index contributed by atoms with van der Waals surface area (Å²) in [5.41, 5.74) is 13.6. The molecular formula is C50H72N4O14. The molecule has 18 nitrogen and oxygen atoms in total. The van der Waals surface area contributed by atoms with Crippen LogP contribution in [0.15, 0.2) is 36.4 Å². The molecule has 0 aliphatic rings. The zero-order chi connectivity index (χ0) is 51.7. The third kappa shape index (κ3) is 25.4. The molecule has 2 unspecified atom stereocenters. The summed E-state index contributed by atoms with van der Waals surface area (Å²) >= 11 is 0. The predicted molar refractivity (Wildman–Crippen MR) is 252 cm³/mol. The van der Waals surface area contributed by atoms with E-state index in [1.54, 1.807) is 38.1 Å². The van der Waals surface area contributed by atoms with Gasteiger partial charge in [0, 0.05) is 63.2 Å². The van der Waals surface area contributed by atoms with E-state index in [1.807, 2.05) is 39.8 Å². The number of hydrogen-bond acceptors (Lipinski definition) is 12. The van der Waals surface area contributed by atoms with Crippen molar-refractivity contribution < 1.29 is 68.4 Å². The van der Waals surface area contributed by atoms with Crippen LogP contribution in [0.25, 0.3) is 0 Å². The summed E-state index contributed by atoms with van der Waals surface area (Å²) in [4.78, 5) is 120. The Morgan fingerprint density at radius 2 is 0.897 bits per heavy atom. The molecule has 2 aromatic carbocycles. The Labute approximate surface area is 398 Å². The van der Waals surface area contributed by atoms with Crippen LogP contribution in [-0.4, -0.2) is 91.2 Å². The molecule has 0 radical (unpaired) electrons. The normalized spacial score (nSPS) is 12.7. The molecule has 0 heterocycles. The highest BCUT2D eigenvalue weighted by Crippen LogP contribution is 2.25. The van der Waals surface area contributed by atoms with Crippen LogP contribution in [0, 0.1) is 37.5 Å². The van der Waals surface area contributed by atoms with E-state index in [9.17, 15) is 58.2 Å². The van der Waals surface area contributed by atoms with Gasteiger partial charge in [0.2, 0.25) is 23.6 Å². The van der Waals surface area contributed by atoms with Gasteiger partial charge < -0.3 is 42.5 Å². The Morgan fingerprint density at radius 3 is 1.24 bits per heavy atom. The van der Waals surface area contributed by atoms with Gasteiger partial charge >= 0.3 is 11.9 Å². The molecular weight excluding hydrogens is 881 g/mol. The van der Waals surface area contributed by atoms with Crippen LogP contribution in [-0.2, 0) is 60.8 Å². The lowest BCUT2D eigenvalue weighted by Crippen LogP contribution is -2.45. The molecule has 10 N–H and O–H groups in total. The number of phenols is 2. The highest BCUT2D eigenvalue weighted by atomic mass is 16.4. The first kappa shape index (κ1) is 59.6. The summed E-state index contributed by atoms with van der Waals surface area (Å²) in [5.74, 6) is -6.37. The first-order chi connectivity index (χ1) is 31.8. The fourth-order valence-corrected chi connectivity index (χ4v) is 7.47. The van der Waals surface area contributed by atoms with E-state index in [1.165, 1.54) is 0 Å². The molecule has 0 saturated heterocycles. The van der Waals surface area contributed by atoms with Crippen molar-refractivity contribution in [3.05, 3.63) is 58.7 Å². The number of nitrogens with one attached hydrogen (secondary N) is 2. The van der Waals surface area contributed by atoms with Crippen molar-refractivity contribution in [3.8, 4) is 11.5 Å². The molecule has 0 fully saturated rings. The summed E-state index contributed by atoms with van der Waals surface area (Å²) in [5, 5.41) is 42.2. The second kappa shape index (κ2) is 30.8. The maximum absolute atomic E-state index is 13.0.